The molecular formula is C25H27O2S+. The maximum Gasteiger partial charge on any atom is 0.338 e. The van der Waals surface area contributed by atoms with Crippen LogP contribution in [-0.2, 0) is 4.74 Å². The summed E-state index contributed by atoms with van der Waals surface area (Å²) >= 11 is 0. The average molecular weight is 392 g/mol. The summed E-state index contributed by atoms with van der Waals surface area (Å²) in [5.41, 5.74) is 0.118. The fourth-order valence-electron chi connectivity index (χ4n) is 4.05. The molecule has 28 heavy (non-hydrogen) atoms. The van der Waals surface area contributed by atoms with Crippen molar-refractivity contribution >= 4 is 26.5 Å². The fourth-order valence-corrected chi connectivity index (χ4v) is 6.25. The predicted octanol–water partition coefficient (Wildman–Crippen LogP) is 7.03. The molecule has 3 aromatic rings. The lowest BCUT2D eigenvalue weighted by atomic mass is 9.88. The van der Waals surface area contributed by atoms with Crippen molar-refractivity contribution in [2.45, 2.75) is 39.7 Å². The zero-order valence-electron chi connectivity index (χ0n) is 16.9. The van der Waals surface area contributed by atoms with Crippen molar-refractivity contribution in [3.05, 3.63) is 77.2 Å². The van der Waals surface area contributed by atoms with Gasteiger partial charge in [0, 0.05) is 34.8 Å². The van der Waals surface area contributed by atoms with Crippen LogP contribution in [-0.4, -0.2) is 11.6 Å². The SMILES string of the molecule is Cc1cc2ccccc2[s+]1-c1ccc(C(=O)OC(C)(C)C2C=CC(C)C2)cc1. The number of ether oxygens (including phenoxy) is 1. The molecule has 2 aromatic carbocycles. The molecule has 0 fully saturated rings. The number of fused-ring (bicyclic) bond motifs is 1. The van der Waals surface area contributed by atoms with Crippen LogP contribution in [0, 0.1) is 18.8 Å². The molecule has 1 aromatic heterocycles. The van der Waals surface area contributed by atoms with E-state index in [1.807, 2.05) is 26.0 Å². The number of rotatable bonds is 4. The van der Waals surface area contributed by atoms with Gasteiger partial charge < -0.3 is 4.74 Å². The number of benzene rings is 2. The summed E-state index contributed by atoms with van der Waals surface area (Å²) in [4.78, 5) is 15.3. The molecule has 3 heteroatoms. The first-order chi connectivity index (χ1) is 13.3. The van der Waals surface area contributed by atoms with E-state index in [9.17, 15) is 4.79 Å². The Bertz CT molecular complexity index is 1040. The number of carbonyl (C=O) groups is 1. The standard InChI is InChI=1S/C25H27O2S/c1-17-9-12-21(15-17)25(3,4)27-24(26)19-10-13-22(14-11-19)28-18(2)16-20-7-5-6-8-23(20)28/h5-14,16-17,21H,15H2,1-4H3/q+1. The van der Waals surface area contributed by atoms with Crippen molar-refractivity contribution in [2.24, 2.45) is 11.8 Å². The van der Waals surface area contributed by atoms with Gasteiger partial charge in [-0.2, -0.15) is 0 Å². The Labute approximate surface area is 169 Å². The number of aryl methyl sites for hydroxylation is 1. The first-order valence-corrected chi connectivity index (χ1v) is 11.1. The molecule has 0 bridgehead atoms. The highest BCUT2D eigenvalue weighted by Crippen LogP contribution is 2.43. The van der Waals surface area contributed by atoms with E-state index >= 15 is 0 Å². The second-order valence-corrected chi connectivity index (χ2v) is 10.5. The number of hydrogen-bond donors (Lipinski definition) is 0. The summed E-state index contributed by atoms with van der Waals surface area (Å²) in [5.74, 6) is 0.579. The maximum atomic E-state index is 12.7. The van der Waals surface area contributed by atoms with Gasteiger partial charge in [-0.15, -0.1) is 0 Å². The minimum Gasteiger partial charge on any atom is -0.455 e. The van der Waals surface area contributed by atoms with Crippen LogP contribution in [0.5, 0.6) is 0 Å². The quantitative estimate of drug-likeness (QED) is 0.271. The van der Waals surface area contributed by atoms with Crippen molar-refractivity contribution in [3.63, 3.8) is 0 Å². The van der Waals surface area contributed by atoms with E-state index in [4.69, 9.17) is 4.74 Å². The van der Waals surface area contributed by atoms with Crippen molar-refractivity contribution in [3.8, 4) is 4.90 Å². The molecule has 1 heterocycles. The minimum atomic E-state index is -0.498. The zero-order valence-corrected chi connectivity index (χ0v) is 17.8. The lowest BCUT2D eigenvalue weighted by molar-refractivity contribution is -0.0211. The van der Waals surface area contributed by atoms with Crippen LogP contribution in [0.25, 0.3) is 15.0 Å². The van der Waals surface area contributed by atoms with Gasteiger partial charge in [0.2, 0.25) is 0 Å². The van der Waals surface area contributed by atoms with Crippen molar-refractivity contribution in [2.75, 3.05) is 0 Å². The summed E-state index contributed by atoms with van der Waals surface area (Å²) in [6.07, 6.45) is 5.44. The lowest BCUT2D eigenvalue weighted by Crippen LogP contribution is -2.35. The van der Waals surface area contributed by atoms with E-state index < -0.39 is 5.60 Å². The van der Waals surface area contributed by atoms with E-state index in [1.165, 1.54) is 19.9 Å². The Morgan fingerprint density at radius 3 is 2.46 bits per heavy atom. The van der Waals surface area contributed by atoms with Crippen LogP contribution in [0.3, 0.4) is 0 Å². The molecule has 1 aliphatic rings. The number of allylic oxidation sites excluding steroid dienone is 1. The van der Waals surface area contributed by atoms with Crippen LogP contribution in [0.4, 0.5) is 0 Å². The summed E-state index contributed by atoms with van der Waals surface area (Å²) in [5, 5.41) is 1.30. The van der Waals surface area contributed by atoms with Gasteiger partial charge in [-0.3, -0.25) is 0 Å². The van der Waals surface area contributed by atoms with Crippen molar-refractivity contribution in [1.82, 2.24) is 0 Å². The highest BCUT2D eigenvalue weighted by molar-refractivity contribution is 7.45. The van der Waals surface area contributed by atoms with Crippen LogP contribution >= 0.6 is 10.5 Å². The summed E-state index contributed by atoms with van der Waals surface area (Å²) in [6.45, 7) is 8.41. The van der Waals surface area contributed by atoms with Crippen LogP contribution in [0.2, 0.25) is 0 Å². The normalized spacial score (nSPS) is 19.9. The fraction of sp³-hybridized carbons (Fsp3) is 0.320. The van der Waals surface area contributed by atoms with E-state index in [2.05, 4.69) is 68.5 Å². The van der Waals surface area contributed by atoms with Gasteiger partial charge in [-0.25, -0.2) is 4.79 Å². The van der Waals surface area contributed by atoms with Crippen LogP contribution in [0.15, 0.2) is 66.7 Å². The van der Waals surface area contributed by atoms with Crippen LogP contribution in [0.1, 0.15) is 42.4 Å². The van der Waals surface area contributed by atoms with Crippen molar-refractivity contribution in [1.29, 1.82) is 0 Å². The summed E-state index contributed by atoms with van der Waals surface area (Å²) in [6, 6.07) is 18.8. The number of carbonyl (C=O) groups excluding carboxylic acids is 1. The largest absolute Gasteiger partial charge is 0.455 e. The smallest absolute Gasteiger partial charge is 0.338 e. The zero-order chi connectivity index (χ0) is 19.9. The predicted molar refractivity (Wildman–Crippen MR) is 118 cm³/mol. The first kappa shape index (κ1) is 18.9. The third-order valence-electron chi connectivity index (χ3n) is 5.69. The molecular weight excluding hydrogens is 364 g/mol. The van der Waals surface area contributed by atoms with Gasteiger partial charge in [0.05, 0.1) is 5.56 Å². The third kappa shape index (κ3) is 3.51. The molecule has 0 N–H and O–H groups in total. The Kier molecular flexibility index (Phi) is 4.88. The van der Waals surface area contributed by atoms with E-state index in [0.29, 0.717) is 11.5 Å². The molecule has 0 spiro atoms. The molecule has 0 amide bonds. The Morgan fingerprint density at radius 1 is 1.07 bits per heavy atom. The van der Waals surface area contributed by atoms with Crippen molar-refractivity contribution < 1.29 is 9.53 Å². The molecule has 0 saturated carbocycles. The minimum absolute atomic E-state index is 0.0570. The second-order valence-electron chi connectivity index (χ2n) is 8.32. The van der Waals surface area contributed by atoms with Gasteiger partial charge in [0.15, 0.2) is 14.5 Å². The molecule has 2 nitrogen and oxygen atoms in total. The van der Waals surface area contributed by atoms with Gasteiger partial charge in [0.25, 0.3) is 0 Å². The molecule has 0 aliphatic heterocycles. The van der Waals surface area contributed by atoms with Gasteiger partial charge in [-0.1, -0.05) is 31.2 Å². The Balaban J connectivity index is 1.55. The molecule has 0 radical (unpaired) electrons. The van der Waals surface area contributed by atoms with Gasteiger partial charge in [-0.05, 0) is 62.6 Å². The topological polar surface area (TPSA) is 26.3 Å². The first-order valence-electron chi connectivity index (χ1n) is 9.88. The third-order valence-corrected chi connectivity index (χ3v) is 8.01. The average Bonchev–Trinajstić information content (AvgIpc) is 3.24. The van der Waals surface area contributed by atoms with Crippen LogP contribution < -0.4 is 0 Å². The Hall–Kier alpha value is -2.39. The van der Waals surface area contributed by atoms with E-state index in [-0.39, 0.29) is 22.4 Å². The molecule has 4 rings (SSSR count). The van der Waals surface area contributed by atoms with E-state index in [1.54, 1.807) is 0 Å². The summed E-state index contributed by atoms with van der Waals surface area (Å²) < 4.78 is 7.26. The van der Waals surface area contributed by atoms with Gasteiger partial charge in [0.1, 0.15) is 5.60 Å². The maximum absolute atomic E-state index is 12.7. The lowest BCUT2D eigenvalue weighted by Gasteiger charge is -2.31. The molecule has 0 saturated heterocycles. The highest BCUT2D eigenvalue weighted by Gasteiger charge is 2.35. The summed E-state index contributed by atoms with van der Waals surface area (Å²) in [7, 11) is -0.0570. The number of hydrogen-bond acceptors (Lipinski definition) is 2. The van der Waals surface area contributed by atoms with Gasteiger partial charge >= 0.3 is 5.97 Å². The van der Waals surface area contributed by atoms with E-state index in [0.717, 1.165) is 6.42 Å². The molecule has 3 atom stereocenters. The number of thiophene rings is 1. The Morgan fingerprint density at radius 2 is 1.79 bits per heavy atom. The number of esters is 1. The highest BCUT2D eigenvalue weighted by atomic mass is 32.2. The molecule has 1 aliphatic carbocycles. The monoisotopic (exact) mass is 391 g/mol. The molecule has 144 valence electrons. The molecule has 3 unspecified atom stereocenters. The second kappa shape index (κ2) is 7.21.